The van der Waals surface area contributed by atoms with Gasteiger partial charge in [0.1, 0.15) is 0 Å². The molecular formula is C15H13ClN2O3. The number of hydrazone groups is 1. The second kappa shape index (κ2) is 5.93. The van der Waals surface area contributed by atoms with Gasteiger partial charge in [0.15, 0.2) is 11.5 Å². The van der Waals surface area contributed by atoms with Crippen LogP contribution in [0.25, 0.3) is 0 Å². The maximum absolute atomic E-state index is 5.91. The van der Waals surface area contributed by atoms with Gasteiger partial charge in [0, 0.05) is 10.6 Å². The van der Waals surface area contributed by atoms with Crippen molar-refractivity contribution in [2.24, 2.45) is 5.10 Å². The van der Waals surface area contributed by atoms with Crippen LogP contribution in [0, 0.1) is 0 Å². The van der Waals surface area contributed by atoms with Crippen molar-refractivity contribution in [2.45, 2.75) is 0 Å². The van der Waals surface area contributed by atoms with Gasteiger partial charge in [0.25, 0.3) is 0 Å². The summed E-state index contributed by atoms with van der Waals surface area (Å²) in [6, 6.07) is 11.0. The number of nitrogens with one attached hydrogen (secondary N) is 1. The molecule has 0 spiro atoms. The summed E-state index contributed by atoms with van der Waals surface area (Å²) in [5, 5.41) is 4.82. The summed E-state index contributed by atoms with van der Waals surface area (Å²) in [4.78, 5) is 0. The zero-order valence-electron chi connectivity index (χ0n) is 11.3. The molecule has 21 heavy (non-hydrogen) atoms. The lowest BCUT2D eigenvalue weighted by atomic mass is 10.2. The minimum absolute atomic E-state index is 0.201. The molecule has 1 heterocycles. The standard InChI is InChI=1S/C15H13ClN2O3/c1-19-13-5-10(6-14-15(13)21-9-20-14)8-17-18-12-4-2-3-11(16)7-12/h2-8,18H,9H2,1H3/b17-8-. The van der Waals surface area contributed by atoms with Gasteiger partial charge in [-0.25, -0.2) is 0 Å². The molecule has 108 valence electrons. The molecule has 1 N–H and O–H groups in total. The number of ether oxygens (including phenoxy) is 3. The van der Waals surface area contributed by atoms with Crippen molar-refractivity contribution in [1.82, 2.24) is 0 Å². The molecule has 1 aliphatic heterocycles. The molecule has 5 nitrogen and oxygen atoms in total. The molecule has 2 aromatic rings. The summed E-state index contributed by atoms with van der Waals surface area (Å²) in [6.07, 6.45) is 1.67. The molecule has 0 atom stereocenters. The lowest BCUT2D eigenvalue weighted by Gasteiger charge is -2.05. The number of halogens is 1. The number of benzene rings is 2. The first-order valence-corrected chi connectivity index (χ1v) is 6.66. The Labute approximate surface area is 127 Å². The molecule has 6 heteroatoms. The zero-order valence-corrected chi connectivity index (χ0v) is 12.1. The Kier molecular flexibility index (Phi) is 3.83. The van der Waals surface area contributed by atoms with Crippen LogP contribution in [0.3, 0.4) is 0 Å². The third-order valence-corrected chi connectivity index (χ3v) is 3.15. The molecule has 0 bridgehead atoms. The summed E-state index contributed by atoms with van der Waals surface area (Å²) >= 11 is 5.91. The van der Waals surface area contributed by atoms with E-state index in [2.05, 4.69) is 10.5 Å². The molecule has 0 radical (unpaired) electrons. The van der Waals surface area contributed by atoms with E-state index in [1.807, 2.05) is 24.3 Å². The SMILES string of the molecule is COc1cc(/C=N\Nc2cccc(Cl)c2)cc2c1OCO2. The van der Waals surface area contributed by atoms with E-state index in [-0.39, 0.29) is 6.79 Å². The number of fused-ring (bicyclic) bond motifs is 1. The van der Waals surface area contributed by atoms with E-state index in [9.17, 15) is 0 Å². The van der Waals surface area contributed by atoms with Gasteiger partial charge in [-0.3, -0.25) is 5.43 Å². The van der Waals surface area contributed by atoms with Crippen LogP contribution in [0.15, 0.2) is 41.5 Å². The van der Waals surface area contributed by atoms with Crippen molar-refractivity contribution >= 4 is 23.5 Å². The summed E-state index contributed by atoms with van der Waals surface area (Å²) in [6.45, 7) is 0.201. The van der Waals surface area contributed by atoms with Gasteiger partial charge >= 0.3 is 0 Å². The molecule has 0 saturated carbocycles. The smallest absolute Gasteiger partial charge is 0.231 e. The predicted molar refractivity (Wildman–Crippen MR) is 81.8 cm³/mol. The number of anilines is 1. The third kappa shape index (κ3) is 3.03. The highest BCUT2D eigenvalue weighted by molar-refractivity contribution is 6.30. The Morgan fingerprint density at radius 1 is 1.29 bits per heavy atom. The van der Waals surface area contributed by atoms with E-state index >= 15 is 0 Å². The largest absolute Gasteiger partial charge is 0.493 e. The van der Waals surface area contributed by atoms with E-state index < -0.39 is 0 Å². The highest BCUT2D eigenvalue weighted by Gasteiger charge is 2.19. The fraction of sp³-hybridized carbons (Fsp3) is 0.133. The topological polar surface area (TPSA) is 52.1 Å². The maximum atomic E-state index is 5.91. The van der Waals surface area contributed by atoms with E-state index in [0.717, 1.165) is 11.3 Å². The van der Waals surface area contributed by atoms with Crippen LogP contribution >= 0.6 is 11.6 Å². The average molecular weight is 305 g/mol. The molecule has 0 aliphatic carbocycles. The van der Waals surface area contributed by atoms with E-state index in [1.54, 1.807) is 25.5 Å². The van der Waals surface area contributed by atoms with Crippen LogP contribution in [0.5, 0.6) is 17.2 Å². The maximum Gasteiger partial charge on any atom is 0.231 e. The van der Waals surface area contributed by atoms with Gasteiger partial charge in [-0.05, 0) is 30.3 Å². The Morgan fingerprint density at radius 2 is 2.19 bits per heavy atom. The van der Waals surface area contributed by atoms with Gasteiger partial charge in [-0.15, -0.1) is 0 Å². The number of methoxy groups -OCH3 is 1. The highest BCUT2D eigenvalue weighted by Crippen LogP contribution is 2.41. The van der Waals surface area contributed by atoms with Gasteiger partial charge < -0.3 is 14.2 Å². The van der Waals surface area contributed by atoms with Crippen molar-refractivity contribution in [2.75, 3.05) is 19.3 Å². The Morgan fingerprint density at radius 3 is 3.00 bits per heavy atom. The quantitative estimate of drug-likeness (QED) is 0.693. The lowest BCUT2D eigenvalue weighted by molar-refractivity contribution is 0.171. The van der Waals surface area contributed by atoms with Gasteiger partial charge in [0.2, 0.25) is 12.5 Å². The van der Waals surface area contributed by atoms with Gasteiger partial charge in [-0.2, -0.15) is 5.10 Å². The zero-order chi connectivity index (χ0) is 14.7. The van der Waals surface area contributed by atoms with Crippen LogP contribution < -0.4 is 19.6 Å². The van der Waals surface area contributed by atoms with Crippen molar-refractivity contribution in [1.29, 1.82) is 0 Å². The summed E-state index contributed by atoms with van der Waals surface area (Å²) in [5.74, 6) is 1.89. The first-order chi connectivity index (χ1) is 10.3. The van der Waals surface area contributed by atoms with Crippen LogP contribution in [0.4, 0.5) is 5.69 Å². The van der Waals surface area contributed by atoms with E-state index in [0.29, 0.717) is 22.3 Å². The van der Waals surface area contributed by atoms with Crippen LogP contribution in [0.1, 0.15) is 5.56 Å². The van der Waals surface area contributed by atoms with E-state index in [4.69, 9.17) is 25.8 Å². The Balaban J connectivity index is 1.77. The third-order valence-electron chi connectivity index (χ3n) is 2.91. The molecule has 0 saturated heterocycles. The van der Waals surface area contributed by atoms with Crippen molar-refractivity contribution in [3.63, 3.8) is 0 Å². The average Bonchev–Trinajstić information content (AvgIpc) is 2.95. The predicted octanol–water partition coefficient (Wildman–Crippen LogP) is 3.52. The van der Waals surface area contributed by atoms with Crippen LogP contribution in [-0.4, -0.2) is 20.1 Å². The Bertz CT molecular complexity index is 689. The fourth-order valence-corrected chi connectivity index (χ4v) is 2.15. The normalized spacial score (nSPS) is 12.7. The number of rotatable bonds is 4. The second-order valence-corrected chi connectivity index (χ2v) is 4.77. The number of hydrogen-bond acceptors (Lipinski definition) is 5. The first-order valence-electron chi connectivity index (χ1n) is 6.28. The van der Waals surface area contributed by atoms with Crippen LogP contribution in [-0.2, 0) is 0 Å². The number of hydrogen-bond donors (Lipinski definition) is 1. The van der Waals surface area contributed by atoms with Crippen molar-refractivity contribution in [3.05, 3.63) is 47.0 Å². The minimum Gasteiger partial charge on any atom is -0.493 e. The Hall–Kier alpha value is -2.40. The summed E-state index contributed by atoms with van der Waals surface area (Å²) in [5.41, 5.74) is 4.56. The first kappa shape index (κ1) is 13.6. The molecular weight excluding hydrogens is 292 g/mol. The summed E-state index contributed by atoms with van der Waals surface area (Å²) in [7, 11) is 1.59. The molecule has 1 aliphatic rings. The van der Waals surface area contributed by atoms with Crippen molar-refractivity contribution in [3.8, 4) is 17.2 Å². The van der Waals surface area contributed by atoms with Gasteiger partial charge in [-0.1, -0.05) is 17.7 Å². The van der Waals surface area contributed by atoms with Gasteiger partial charge in [0.05, 0.1) is 19.0 Å². The van der Waals surface area contributed by atoms with Crippen LogP contribution in [0.2, 0.25) is 5.02 Å². The number of nitrogens with zero attached hydrogens (tertiary/aromatic N) is 1. The monoisotopic (exact) mass is 304 g/mol. The molecule has 3 rings (SSSR count). The molecule has 0 aromatic heterocycles. The summed E-state index contributed by atoms with van der Waals surface area (Å²) < 4.78 is 16.0. The molecule has 0 fully saturated rings. The fourth-order valence-electron chi connectivity index (χ4n) is 1.96. The highest BCUT2D eigenvalue weighted by atomic mass is 35.5. The molecule has 2 aromatic carbocycles. The minimum atomic E-state index is 0.201. The molecule has 0 amide bonds. The molecule has 0 unspecified atom stereocenters. The lowest BCUT2D eigenvalue weighted by Crippen LogP contribution is -1.93. The second-order valence-electron chi connectivity index (χ2n) is 4.34. The van der Waals surface area contributed by atoms with E-state index in [1.165, 1.54) is 0 Å². The van der Waals surface area contributed by atoms with Crippen molar-refractivity contribution < 1.29 is 14.2 Å².